The number of aryl methyl sites for hydroxylation is 2. The lowest BCUT2D eigenvalue weighted by molar-refractivity contribution is 0.394. The highest BCUT2D eigenvalue weighted by Crippen LogP contribution is 2.15. The molecule has 1 fully saturated rings. The lowest BCUT2D eigenvalue weighted by Crippen LogP contribution is -2.01. The summed E-state index contributed by atoms with van der Waals surface area (Å²) in [5.74, 6) is 1.04. The van der Waals surface area contributed by atoms with E-state index in [1.165, 1.54) is 0 Å². The van der Waals surface area contributed by atoms with Gasteiger partial charge < -0.3 is 4.74 Å². The number of hydrogen-bond donors (Lipinski definition) is 0. The second kappa shape index (κ2) is 2.62. The van der Waals surface area contributed by atoms with Crippen molar-refractivity contribution in [1.82, 2.24) is 14.8 Å². The first-order valence-electron chi connectivity index (χ1n) is 3.81. The van der Waals surface area contributed by atoms with Gasteiger partial charge in [-0.05, 0) is 6.42 Å². The Bertz CT molecular complexity index is 242. The van der Waals surface area contributed by atoms with Crippen molar-refractivity contribution in [2.75, 3.05) is 6.61 Å². The summed E-state index contributed by atoms with van der Waals surface area (Å²) in [7, 11) is 1.91. The fraction of sp³-hybridized carbons (Fsp3) is 0.714. The van der Waals surface area contributed by atoms with Crippen LogP contribution in [0.1, 0.15) is 12.2 Å². The maximum absolute atomic E-state index is 5.09. The molecule has 0 N–H and O–H groups in total. The van der Waals surface area contributed by atoms with Crippen LogP contribution in [0.25, 0.3) is 0 Å². The first-order chi connectivity index (χ1) is 5.36. The van der Waals surface area contributed by atoms with Crippen molar-refractivity contribution in [3.05, 3.63) is 12.2 Å². The van der Waals surface area contributed by atoms with Crippen LogP contribution in [-0.2, 0) is 18.2 Å². The van der Waals surface area contributed by atoms with Crippen molar-refractivity contribution >= 4 is 0 Å². The van der Waals surface area contributed by atoms with Gasteiger partial charge in [0, 0.05) is 13.5 Å². The topological polar surface area (TPSA) is 43.2 Å². The Kier molecular flexibility index (Phi) is 1.62. The van der Waals surface area contributed by atoms with E-state index < -0.39 is 0 Å². The van der Waals surface area contributed by atoms with E-state index in [-0.39, 0.29) is 0 Å². The predicted molar refractivity (Wildman–Crippen MR) is 39.1 cm³/mol. The van der Waals surface area contributed by atoms with Crippen LogP contribution in [0.5, 0.6) is 0 Å². The van der Waals surface area contributed by atoms with E-state index in [9.17, 15) is 0 Å². The highest BCUT2D eigenvalue weighted by Gasteiger charge is 2.22. The van der Waals surface area contributed by atoms with Crippen molar-refractivity contribution < 1.29 is 4.74 Å². The number of epoxide rings is 1. The Balaban J connectivity index is 1.89. The number of ether oxygens (including phenoxy) is 1. The minimum absolute atomic E-state index is 0.492. The number of aromatic nitrogens is 3. The fourth-order valence-corrected chi connectivity index (χ4v) is 1.07. The Morgan fingerprint density at radius 2 is 2.64 bits per heavy atom. The molecule has 0 aliphatic carbocycles. The van der Waals surface area contributed by atoms with Gasteiger partial charge in [0.05, 0.1) is 12.7 Å². The molecule has 0 spiro atoms. The predicted octanol–water partition coefficient (Wildman–Crippen LogP) is 0.147. The van der Waals surface area contributed by atoms with Crippen LogP contribution in [0, 0.1) is 0 Å². The largest absolute Gasteiger partial charge is 0.373 e. The summed E-state index contributed by atoms with van der Waals surface area (Å²) in [5, 5.41) is 3.98. The van der Waals surface area contributed by atoms with Gasteiger partial charge in [-0.1, -0.05) is 0 Å². The molecule has 4 heteroatoms. The zero-order valence-electron chi connectivity index (χ0n) is 6.53. The standard InChI is InChI=1S/C7H11N3O/c1-10-7(8-5-9-10)3-2-6-4-11-6/h5-6H,2-4H2,1H3. The fourth-order valence-electron chi connectivity index (χ4n) is 1.07. The highest BCUT2D eigenvalue weighted by atomic mass is 16.6. The van der Waals surface area contributed by atoms with Gasteiger partial charge >= 0.3 is 0 Å². The molecule has 1 aromatic rings. The number of nitrogens with zero attached hydrogens (tertiary/aromatic N) is 3. The minimum Gasteiger partial charge on any atom is -0.373 e. The van der Waals surface area contributed by atoms with Gasteiger partial charge in [0.2, 0.25) is 0 Å². The van der Waals surface area contributed by atoms with Crippen molar-refractivity contribution in [2.24, 2.45) is 7.05 Å². The SMILES string of the molecule is Cn1ncnc1CCC1CO1. The molecule has 1 aliphatic heterocycles. The molecule has 0 radical (unpaired) electrons. The molecule has 2 rings (SSSR count). The summed E-state index contributed by atoms with van der Waals surface area (Å²) < 4.78 is 6.90. The van der Waals surface area contributed by atoms with Gasteiger partial charge in [-0.3, -0.25) is 4.68 Å². The van der Waals surface area contributed by atoms with Gasteiger partial charge in [0.25, 0.3) is 0 Å². The molecular formula is C7H11N3O. The second-order valence-electron chi connectivity index (χ2n) is 2.79. The third-order valence-electron chi connectivity index (χ3n) is 1.90. The van der Waals surface area contributed by atoms with Gasteiger partial charge in [-0.25, -0.2) is 4.98 Å². The molecule has 0 bridgehead atoms. The normalized spacial score (nSPS) is 22.1. The van der Waals surface area contributed by atoms with E-state index in [4.69, 9.17) is 4.74 Å². The van der Waals surface area contributed by atoms with Crippen LogP contribution in [0.4, 0.5) is 0 Å². The van der Waals surface area contributed by atoms with Crippen LogP contribution < -0.4 is 0 Å². The highest BCUT2D eigenvalue weighted by molar-refractivity contribution is 4.86. The number of hydrogen-bond acceptors (Lipinski definition) is 3. The van der Waals surface area contributed by atoms with E-state index in [0.29, 0.717) is 6.10 Å². The minimum atomic E-state index is 0.492. The summed E-state index contributed by atoms with van der Waals surface area (Å²) in [6, 6.07) is 0. The molecule has 1 saturated heterocycles. The lowest BCUT2D eigenvalue weighted by atomic mass is 10.2. The van der Waals surface area contributed by atoms with Crippen LogP contribution in [0.3, 0.4) is 0 Å². The third-order valence-corrected chi connectivity index (χ3v) is 1.90. The number of rotatable bonds is 3. The van der Waals surface area contributed by atoms with E-state index >= 15 is 0 Å². The first-order valence-corrected chi connectivity index (χ1v) is 3.81. The van der Waals surface area contributed by atoms with Crippen molar-refractivity contribution in [2.45, 2.75) is 18.9 Å². The molecule has 2 heterocycles. The molecule has 0 aromatic carbocycles. The molecule has 11 heavy (non-hydrogen) atoms. The lowest BCUT2D eigenvalue weighted by Gasteiger charge is -1.96. The van der Waals surface area contributed by atoms with E-state index in [1.807, 2.05) is 11.7 Å². The second-order valence-corrected chi connectivity index (χ2v) is 2.79. The molecule has 4 nitrogen and oxygen atoms in total. The van der Waals surface area contributed by atoms with Crippen LogP contribution in [0.15, 0.2) is 6.33 Å². The van der Waals surface area contributed by atoms with Crippen molar-refractivity contribution in [3.63, 3.8) is 0 Å². The van der Waals surface area contributed by atoms with Crippen LogP contribution in [0.2, 0.25) is 0 Å². The van der Waals surface area contributed by atoms with Gasteiger partial charge in [0.15, 0.2) is 0 Å². The molecule has 1 aromatic heterocycles. The van der Waals surface area contributed by atoms with Crippen LogP contribution in [-0.4, -0.2) is 27.5 Å². The van der Waals surface area contributed by atoms with Crippen molar-refractivity contribution in [1.29, 1.82) is 0 Å². The summed E-state index contributed by atoms with van der Waals surface area (Å²) in [4.78, 5) is 4.11. The molecule has 0 saturated carbocycles. The zero-order valence-corrected chi connectivity index (χ0v) is 6.53. The van der Waals surface area contributed by atoms with Gasteiger partial charge in [-0.15, -0.1) is 0 Å². The Morgan fingerprint density at radius 3 is 3.18 bits per heavy atom. The Labute approximate surface area is 65.2 Å². The van der Waals surface area contributed by atoms with E-state index in [1.54, 1.807) is 6.33 Å². The Morgan fingerprint density at radius 1 is 1.82 bits per heavy atom. The molecule has 1 unspecified atom stereocenters. The average Bonchev–Trinajstić information content (AvgIpc) is 2.73. The molecule has 1 atom stereocenters. The smallest absolute Gasteiger partial charge is 0.138 e. The Hall–Kier alpha value is -0.900. The quantitative estimate of drug-likeness (QED) is 0.580. The van der Waals surface area contributed by atoms with Crippen LogP contribution >= 0.6 is 0 Å². The monoisotopic (exact) mass is 153 g/mol. The summed E-state index contributed by atoms with van der Waals surface area (Å²) in [6.45, 7) is 0.928. The average molecular weight is 153 g/mol. The molecule has 60 valence electrons. The maximum atomic E-state index is 5.09. The van der Waals surface area contributed by atoms with Gasteiger partial charge in [0.1, 0.15) is 12.2 Å². The first kappa shape index (κ1) is 6.79. The molecule has 0 amide bonds. The summed E-state index contributed by atoms with van der Waals surface area (Å²) in [5.41, 5.74) is 0. The molecule has 1 aliphatic rings. The zero-order chi connectivity index (χ0) is 7.68. The van der Waals surface area contributed by atoms with E-state index in [0.717, 1.165) is 25.3 Å². The third kappa shape index (κ3) is 1.57. The summed E-state index contributed by atoms with van der Waals surface area (Å²) in [6.07, 6.45) is 4.13. The molecular weight excluding hydrogens is 142 g/mol. The van der Waals surface area contributed by atoms with Gasteiger partial charge in [-0.2, -0.15) is 5.10 Å². The van der Waals surface area contributed by atoms with Crippen molar-refractivity contribution in [3.8, 4) is 0 Å². The summed E-state index contributed by atoms with van der Waals surface area (Å²) >= 11 is 0. The van der Waals surface area contributed by atoms with E-state index in [2.05, 4.69) is 10.1 Å². The maximum Gasteiger partial charge on any atom is 0.138 e.